The number of halogens is 2. The molecule has 1 heterocycles. The fraction of sp³-hybridized carbons (Fsp3) is 0.462. The lowest BCUT2D eigenvalue weighted by Gasteiger charge is -2.25. The Morgan fingerprint density at radius 1 is 1.50 bits per heavy atom. The van der Waals surface area contributed by atoms with Crippen LogP contribution in [0.5, 0.6) is 0 Å². The maximum atomic E-state index is 13.5. The number of carbonyl (C=O) groups is 1. The van der Waals surface area contributed by atoms with Gasteiger partial charge in [0.15, 0.2) is 0 Å². The van der Waals surface area contributed by atoms with Gasteiger partial charge in [-0.05, 0) is 6.07 Å². The fourth-order valence-corrected chi connectivity index (χ4v) is 2.04. The van der Waals surface area contributed by atoms with Crippen molar-refractivity contribution in [1.82, 2.24) is 5.32 Å². The SMILES string of the molecule is COC1(CNC(=O)c2cc(N)c(F)cc2F)CCOC1. The topological polar surface area (TPSA) is 73.6 Å². The standard InChI is InChI=1S/C13H16F2N2O3/c1-19-13(2-3-20-7-13)6-17-12(18)8-4-11(16)10(15)5-9(8)14/h4-5H,2-3,6-7,16H2,1H3,(H,17,18). The van der Waals surface area contributed by atoms with Gasteiger partial charge in [0, 0.05) is 32.7 Å². The number of hydrogen-bond donors (Lipinski definition) is 2. The number of ether oxygens (including phenoxy) is 2. The molecule has 0 spiro atoms. The first-order chi connectivity index (χ1) is 9.47. The molecule has 2 rings (SSSR count). The Hall–Kier alpha value is -1.73. The maximum Gasteiger partial charge on any atom is 0.254 e. The van der Waals surface area contributed by atoms with Gasteiger partial charge >= 0.3 is 0 Å². The molecule has 1 amide bonds. The lowest BCUT2D eigenvalue weighted by Crippen LogP contribution is -2.45. The molecule has 0 radical (unpaired) electrons. The average molecular weight is 286 g/mol. The summed E-state index contributed by atoms with van der Waals surface area (Å²) in [6, 6.07) is 1.57. The molecule has 3 N–H and O–H groups in total. The number of nitrogens with one attached hydrogen (secondary N) is 1. The lowest BCUT2D eigenvalue weighted by atomic mass is 10.0. The number of anilines is 1. The van der Waals surface area contributed by atoms with Gasteiger partial charge in [0.2, 0.25) is 0 Å². The highest BCUT2D eigenvalue weighted by Crippen LogP contribution is 2.22. The number of hydrogen-bond acceptors (Lipinski definition) is 4. The van der Waals surface area contributed by atoms with Crippen molar-refractivity contribution < 1.29 is 23.0 Å². The van der Waals surface area contributed by atoms with Gasteiger partial charge < -0.3 is 20.5 Å². The monoisotopic (exact) mass is 286 g/mol. The van der Waals surface area contributed by atoms with E-state index >= 15 is 0 Å². The first-order valence-corrected chi connectivity index (χ1v) is 6.13. The van der Waals surface area contributed by atoms with Gasteiger partial charge in [-0.3, -0.25) is 4.79 Å². The lowest BCUT2D eigenvalue weighted by molar-refractivity contribution is -0.0149. The molecule has 1 fully saturated rings. The molecule has 1 aliphatic rings. The van der Waals surface area contributed by atoms with Crippen LogP contribution in [0.25, 0.3) is 0 Å². The molecule has 0 bridgehead atoms. The molecule has 1 aliphatic heterocycles. The van der Waals surface area contributed by atoms with E-state index in [0.29, 0.717) is 25.7 Å². The van der Waals surface area contributed by atoms with Gasteiger partial charge in [-0.25, -0.2) is 8.78 Å². The summed E-state index contributed by atoms with van der Waals surface area (Å²) in [5, 5.41) is 2.56. The predicted molar refractivity (Wildman–Crippen MR) is 68.3 cm³/mol. The predicted octanol–water partition coefficient (Wildman–Crippen LogP) is 1.08. The molecule has 20 heavy (non-hydrogen) atoms. The van der Waals surface area contributed by atoms with E-state index in [4.69, 9.17) is 15.2 Å². The molecule has 0 aliphatic carbocycles. The van der Waals surface area contributed by atoms with Crippen molar-refractivity contribution in [3.05, 3.63) is 29.3 Å². The third-order valence-electron chi connectivity index (χ3n) is 3.40. The zero-order valence-corrected chi connectivity index (χ0v) is 11.0. The zero-order chi connectivity index (χ0) is 14.8. The molecule has 1 unspecified atom stereocenters. The summed E-state index contributed by atoms with van der Waals surface area (Å²) in [6.45, 7) is 1.08. The largest absolute Gasteiger partial charge is 0.396 e. The Kier molecular flexibility index (Phi) is 4.20. The number of methoxy groups -OCH3 is 1. The second-order valence-corrected chi connectivity index (χ2v) is 4.73. The number of benzene rings is 1. The highest BCUT2D eigenvalue weighted by atomic mass is 19.1. The Morgan fingerprint density at radius 2 is 2.25 bits per heavy atom. The van der Waals surface area contributed by atoms with Crippen molar-refractivity contribution in [1.29, 1.82) is 0 Å². The minimum absolute atomic E-state index is 0.180. The summed E-state index contributed by atoms with van der Waals surface area (Å²) < 4.78 is 37.2. The van der Waals surface area contributed by atoms with Crippen molar-refractivity contribution in [3.8, 4) is 0 Å². The Bertz CT molecular complexity index is 517. The van der Waals surface area contributed by atoms with Crippen LogP contribution in [0, 0.1) is 11.6 Å². The van der Waals surface area contributed by atoms with Crippen molar-refractivity contribution in [2.45, 2.75) is 12.0 Å². The number of nitrogen functional groups attached to an aromatic ring is 1. The molecule has 1 aromatic carbocycles. The molecule has 5 nitrogen and oxygen atoms in total. The first-order valence-electron chi connectivity index (χ1n) is 6.13. The van der Waals surface area contributed by atoms with E-state index < -0.39 is 23.1 Å². The normalized spacial score (nSPS) is 21.9. The van der Waals surface area contributed by atoms with Crippen molar-refractivity contribution >= 4 is 11.6 Å². The van der Waals surface area contributed by atoms with Crippen LogP contribution >= 0.6 is 0 Å². The number of carbonyl (C=O) groups excluding carboxylic acids is 1. The van der Waals surface area contributed by atoms with Gasteiger partial charge in [0.25, 0.3) is 5.91 Å². The fourth-order valence-electron chi connectivity index (χ4n) is 2.04. The third-order valence-corrected chi connectivity index (χ3v) is 3.40. The molecule has 0 aromatic heterocycles. The quantitative estimate of drug-likeness (QED) is 0.812. The maximum absolute atomic E-state index is 13.5. The average Bonchev–Trinajstić information content (AvgIpc) is 2.90. The second kappa shape index (κ2) is 5.72. The van der Waals surface area contributed by atoms with Crippen LogP contribution in [0.2, 0.25) is 0 Å². The molecule has 1 atom stereocenters. The number of nitrogens with two attached hydrogens (primary N) is 1. The van der Waals surface area contributed by atoms with E-state index in [1.54, 1.807) is 0 Å². The Morgan fingerprint density at radius 3 is 2.85 bits per heavy atom. The molecule has 7 heteroatoms. The van der Waals surface area contributed by atoms with E-state index in [0.717, 1.165) is 6.07 Å². The van der Waals surface area contributed by atoms with Crippen LogP contribution in [0.15, 0.2) is 12.1 Å². The van der Waals surface area contributed by atoms with E-state index in [1.165, 1.54) is 7.11 Å². The minimum Gasteiger partial charge on any atom is -0.396 e. The molecule has 0 saturated carbocycles. The number of rotatable bonds is 4. The van der Waals surface area contributed by atoms with E-state index in [2.05, 4.69) is 5.32 Å². The summed E-state index contributed by atoms with van der Waals surface area (Å²) >= 11 is 0. The minimum atomic E-state index is -0.955. The smallest absolute Gasteiger partial charge is 0.254 e. The zero-order valence-electron chi connectivity index (χ0n) is 11.0. The van der Waals surface area contributed by atoms with Crippen LogP contribution in [0.4, 0.5) is 14.5 Å². The highest BCUT2D eigenvalue weighted by Gasteiger charge is 2.35. The summed E-state index contributed by atoms with van der Waals surface area (Å²) in [6.07, 6.45) is 0.637. The van der Waals surface area contributed by atoms with Gasteiger partial charge in [-0.15, -0.1) is 0 Å². The molecule has 110 valence electrons. The van der Waals surface area contributed by atoms with Gasteiger partial charge in [0.05, 0.1) is 17.9 Å². The summed E-state index contributed by atoms with van der Waals surface area (Å²) in [4.78, 5) is 11.9. The van der Waals surface area contributed by atoms with Crippen LogP contribution < -0.4 is 11.1 Å². The van der Waals surface area contributed by atoms with Crippen molar-refractivity contribution in [3.63, 3.8) is 0 Å². The van der Waals surface area contributed by atoms with E-state index in [9.17, 15) is 13.6 Å². The molecule has 1 aromatic rings. The third kappa shape index (κ3) is 2.88. The van der Waals surface area contributed by atoms with Crippen molar-refractivity contribution in [2.24, 2.45) is 0 Å². The highest BCUT2D eigenvalue weighted by molar-refractivity contribution is 5.95. The van der Waals surface area contributed by atoms with E-state index in [-0.39, 0.29) is 17.8 Å². The molecular weight excluding hydrogens is 270 g/mol. The second-order valence-electron chi connectivity index (χ2n) is 4.73. The van der Waals surface area contributed by atoms with Gasteiger partial charge in [0.1, 0.15) is 17.2 Å². The summed E-state index contributed by atoms with van der Waals surface area (Å²) in [7, 11) is 1.53. The van der Waals surface area contributed by atoms with Gasteiger partial charge in [-0.2, -0.15) is 0 Å². The van der Waals surface area contributed by atoms with Gasteiger partial charge in [-0.1, -0.05) is 0 Å². The summed E-state index contributed by atoms with van der Waals surface area (Å²) in [5.74, 6) is -2.52. The van der Waals surface area contributed by atoms with E-state index in [1.807, 2.05) is 0 Å². The van der Waals surface area contributed by atoms with Crippen LogP contribution in [-0.2, 0) is 9.47 Å². The summed E-state index contributed by atoms with van der Waals surface area (Å²) in [5.41, 5.74) is 4.16. The Labute approximate surface area is 115 Å². The van der Waals surface area contributed by atoms with Crippen LogP contribution in [-0.4, -0.2) is 38.4 Å². The van der Waals surface area contributed by atoms with Crippen LogP contribution in [0.3, 0.4) is 0 Å². The number of amides is 1. The van der Waals surface area contributed by atoms with Crippen LogP contribution in [0.1, 0.15) is 16.8 Å². The molecular formula is C13H16F2N2O3. The molecule has 1 saturated heterocycles. The first kappa shape index (κ1) is 14.7. The van der Waals surface area contributed by atoms with Crippen molar-refractivity contribution in [2.75, 3.05) is 32.6 Å². The Balaban J connectivity index is 2.07.